The predicted octanol–water partition coefficient (Wildman–Crippen LogP) is 3.33. The lowest BCUT2D eigenvalue weighted by atomic mass is 10.1. The van der Waals surface area contributed by atoms with Crippen LogP contribution in [0.15, 0.2) is 24.3 Å². The van der Waals surface area contributed by atoms with Crippen molar-refractivity contribution in [1.29, 1.82) is 0 Å². The highest BCUT2D eigenvalue weighted by Crippen LogP contribution is 2.26. The van der Waals surface area contributed by atoms with E-state index in [2.05, 4.69) is 0 Å². The Morgan fingerprint density at radius 2 is 2.14 bits per heavy atom. The summed E-state index contributed by atoms with van der Waals surface area (Å²) in [6, 6.07) is 5.21. The highest BCUT2D eigenvalue weighted by atomic mass is 35.5. The number of halogens is 2. The molecule has 1 atom stereocenters. The molecule has 1 aliphatic rings. The molecule has 1 amide bonds. The Labute approximate surface area is 133 Å². The fourth-order valence-corrected chi connectivity index (χ4v) is 2.73. The van der Waals surface area contributed by atoms with Gasteiger partial charge in [0.15, 0.2) is 0 Å². The van der Waals surface area contributed by atoms with Crippen molar-refractivity contribution in [1.82, 2.24) is 4.90 Å². The van der Waals surface area contributed by atoms with E-state index in [0.717, 1.165) is 6.42 Å². The molecule has 1 aromatic rings. The first-order chi connectivity index (χ1) is 9.97. The molecule has 0 bridgehead atoms. The van der Waals surface area contributed by atoms with E-state index in [1.54, 1.807) is 29.2 Å². The lowest BCUT2D eigenvalue weighted by molar-refractivity contribution is -0.138. The second-order valence-electron chi connectivity index (χ2n) is 5.01. The highest BCUT2D eigenvalue weighted by Gasteiger charge is 2.26. The fraction of sp³-hybridized carbons (Fsp3) is 0.333. The number of benzene rings is 1. The third-order valence-corrected chi connectivity index (χ3v) is 4.28. The Morgan fingerprint density at radius 3 is 2.86 bits per heavy atom. The van der Waals surface area contributed by atoms with Gasteiger partial charge in [0.2, 0.25) is 5.91 Å². The van der Waals surface area contributed by atoms with Gasteiger partial charge in [-0.25, -0.2) is 0 Å². The number of aliphatic carboxylic acids is 1. The molecule has 1 unspecified atom stereocenters. The van der Waals surface area contributed by atoms with Crippen LogP contribution in [-0.4, -0.2) is 35.0 Å². The molecule has 0 radical (unpaired) electrons. The lowest BCUT2D eigenvalue weighted by Gasteiger charge is -2.13. The second-order valence-corrected chi connectivity index (χ2v) is 5.80. The summed E-state index contributed by atoms with van der Waals surface area (Å²) >= 11 is 12.0. The summed E-state index contributed by atoms with van der Waals surface area (Å²) in [6.45, 7) is 1.07. The maximum Gasteiger partial charge on any atom is 0.303 e. The number of carbonyl (C=O) groups excluding carboxylic acids is 1. The minimum atomic E-state index is -0.824. The van der Waals surface area contributed by atoms with E-state index in [4.69, 9.17) is 28.3 Å². The number of carboxylic acids is 1. The van der Waals surface area contributed by atoms with Crippen LogP contribution in [0.1, 0.15) is 18.4 Å². The Bertz CT molecular complexity index is 586. The molecule has 1 N–H and O–H groups in total. The summed E-state index contributed by atoms with van der Waals surface area (Å²) < 4.78 is 0. The zero-order chi connectivity index (χ0) is 15.4. The minimum absolute atomic E-state index is 0.0367. The van der Waals surface area contributed by atoms with Crippen molar-refractivity contribution in [2.24, 2.45) is 5.92 Å². The first-order valence-corrected chi connectivity index (χ1v) is 7.35. The normalized spacial score (nSPS) is 18.4. The lowest BCUT2D eigenvalue weighted by Crippen LogP contribution is -2.27. The van der Waals surface area contributed by atoms with Gasteiger partial charge >= 0.3 is 5.97 Å². The van der Waals surface area contributed by atoms with Crippen molar-refractivity contribution in [3.8, 4) is 0 Å². The zero-order valence-corrected chi connectivity index (χ0v) is 12.8. The average molecular weight is 328 g/mol. The second kappa shape index (κ2) is 6.96. The molecule has 1 fully saturated rings. The van der Waals surface area contributed by atoms with E-state index in [0.29, 0.717) is 28.7 Å². The summed E-state index contributed by atoms with van der Waals surface area (Å²) in [7, 11) is 0. The van der Waals surface area contributed by atoms with Gasteiger partial charge in [0.1, 0.15) is 0 Å². The van der Waals surface area contributed by atoms with Crippen LogP contribution in [0.4, 0.5) is 0 Å². The van der Waals surface area contributed by atoms with Crippen molar-refractivity contribution in [2.45, 2.75) is 12.8 Å². The SMILES string of the molecule is O=C(O)CC1CCN(C(=O)C=Cc2cccc(Cl)c2Cl)C1. The number of carbonyl (C=O) groups is 2. The van der Waals surface area contributed by atoms with E-state index in [-0.39, 0.29) is 18.2 Å². The molecular weight excluding hydrogens is 313 g/mol. The molecule has 2 rings (SSSR count). The van der Waals surface area contributed by atoms with Crippen LogP contribution in [-0.2, 0) is 9.59 Å². The Balaban J connectivity index is 1.97. The van der Waals surface area contributed by atoms with Gasteiger partial charge in [-0.05, 0) is 30.0 Å². The summed E-state index contributed by atoms with van der Waals surface area (Å²) in [6.07, 6.45) is 3.90. The number of rotatable bonds is 4. The summed E-state index contributed by atoms with van der Waals surface area (Å²) in [5.74, 6) is -0.927. The van der Waals surface area contributed by atoms with Crippen molar-refractivity contribution in [2.75, 3.05) is 13.1 Å². The molecular formula is C15H15Cl2NO3. The molecule has 4 nitrogen and oxygen atoms in total. The van der Waals surface area contributed by atoms with E-state index in [1.165, 1.54) is 6.08 Å². The number of hydrogen-bond acceptors (Lipinski definition) is 2. The molecule has 0 spiro atoms. The van der Waals surface area contributed by atoms with Crippen LogP contribution >= 0.6 is 23.2 Å². The van der Waals surface area contributed by atoms with Crippen molar-refractivity contribution < 1.29 is 14.7 Å². The van der Waals surface area contributed by atoms with Gasteiger partial charge in [-0.1, -0.05) is 35.3 Å². The molecule has 0 saturated carbocycles. The number of likely N-dealkylation sites (tertiary alicyclic amines) is 1. The molecule has 0 aliphatic carbocycles. The van der Waals surface area contributed by atoms with Crippen molar-refractivity contribution in [3.05, 3.63) is 39.9 Å². The summed E-state index contributed by atoms with van der Waals surface area (Å²) in [5, 5.41) is 9.61. The maximum atomic E-state index is 12.1. The Morgan fingerprint density at radius 1 is 1.38 bits per heavy atom. The van der Waals surface area contributed by atoms with Crippen molar-refractivity contribution in [3.63, 3.8) is 0 Å². The van der Waals surface area contributed by atoms with Crippen LogP contribution < -0.4 is 0 Å². The molecule has 1 aliphatic heterocycles. The van der Waals surface area contributed by atoms with Crippen LogP contribution in [0.3, 0.4) is 0 Å². The average Bonchev–Trinajstić information content (AvgIpc) is 2.88. The van der Waals surface area contributed by atoms with E-state index in [1.807, 2.05) is 0 Å². The smallest absolute Gasteiger partial charge is 0.303 e. The Kier molecular flexibility index (Phi) is 5.26. The number of hydrogen-bond donors (Lipinski definition) is 1. The van der Waals surface area contributed by atoms with E-state index in [9.17, 15) is 9.59 Å². The van der Waals surface area contributed by atoms with Gasteiger partial charge in [-0.15, -0.1) is 0 Å². The van der Waals surface area contributed by atoms with Gasteiger partial charge in [0.25, 0.3) is 0 Å². The maximum absolute atomic E-state index is 12.1. The summed E-state index contributed by atoms with van der Waals surface area (Å²) in [4.78, 5) is 24.4. The van der Waals surface area contributed by atoms with Gasteiger partial charge in [0, 0.05) is 25.6 Å². The standard InChI is InChI=1S/C15H15Cl2NO3/c16-12-3-1-2-11(15(12)17)4-5-13(19)18-7-6-10(9-18)8-14(20)21/h1-5,10H,6-9H2,(H,20,21). The van der Waals surface area contributed by atoms with Gasteiger partial charge in [0.05, 0.1) is 10.0 Å². The van der Waals surface area contributed by atoms with Crippen LogP contribution in [0.25, 0.3) is 6.08 Å². The number of nitrogens with zero attached hydrogens (tertiary/aromatic N) is 1. The predicted molar refractivity (Wildman–Crippen MR) is 82.4 cm³/mol. The molecule has 112 valence electrons. The number of carboxylic acid groups (broad SMARTS) is 1. The van der Waals surface area contributed by atoms with E-state index < -0.39 is 5.97 Å². The van der Waals surface area contributed by atoms with Crippen LogP contribution in [0.5, 0.6) is 0 Å². The fourth-order valence-electron chi connectivity index (χ4n) is 2.36. The van der Waals surface area contributed by atoms with E-state index >= 15 is 0 Å². The summed E-state index contributed by atoms with van der Waals surface area (Å²) in [5.41, 5.74) is 0.679. The van der Waals surface area contributed by atoms with Gasteiger partial charge < -0.3 is 10.0 Å². The molecule has 6 heteroatoms. The first kappa shape index (κ1) is 15.9. The monoisotopic (exact) mass is 327 g/mol. The molecule has 1 saturated heterocycles. The van der Waals surface area contributed by atoms with Gasteiger partial charge in [-0.3, -0.25) is 9.59 Å². The third kappa shape index (κ3) is 4.22. The van der Waals surface area contributed by atoms with Gasteiger partial charge in [-0.2, -0.15) is 0 Å². The topological polar surface area (TPSA) is 57.6 Å². The van der Waals surface area contributed by atoms with Crippen LogP contribution in [0, 0.1) is 5.92 Å². The quantitative estimate of drug-likeness (QED) is 0.863. The van der Waals surface area contributed by atoms with Crippen molar-refractivity contribution >= 4 is 41.2 Å². The zero-order valence-electron chi connectivity index (χ0n) is 11.3. The highest BCUT2D eigenvalue weighted by molar-refractivity contribution is 6.42. The minimum Gasteiger partial charge on any atom is -0.481 e. The first-order valence-electron chi connectivity index (χ1n) is 6.60. The third-order valence-electron chi connectivity index (χ3n) is 3.45. The number of amides is 1. The molecule has 1 aromatic carbocycles. The molecule has 0 aromatic heterocycles. The van der Waals surface area contributed by atoms with Crippen LogP contribution in [0.2, 0.25) is 10.0 Å². The molecule has 21 heavy (non-hydrogen) atoms. The Hall–Kier alpha value is -1.52. The largest absolute Gasteiger partial charge is 0.481 e. The molecule has 1 heterocycles.